The van der Waals surface area contributed by atoms with Gasteiger partial charge in [-0.05, 0) is 56.8 Å². The molecule has 0 bridgehead atoms. The maximum Gasteiger partial charge on any atom is 0.0115 e. The van der Waals surface area contributed by atoms with Gasteiger partial charge in [0.1, 0.15) is 0 Å². The third-order valence-electron chi connectivity index (χ3n) is 4.84. The molecule has 1 atom stereocenters. The van der Waals surface area contributed by atoms with Crippen LogP contribution < -0.4 is 5.32 Å². The summed E-state index contributed by atoms with van der Waals surface area (Å²) < 4.78 is 0. The van der Waals surface area contributed by atoms with Crippen molar-refractivity contribution in [2.45, 2.75) is 52.0 Å². The van der Waals surface area contributed by atoms with Gasteiger partial charge < -0.3 is 10.2 Å². The molecule has 0 amide bonds. The molecule has 2 heterocycles. The van der Waals surface area contributed by atoms with E-state index >= 15 is 0 Å². The molecule has 0 radical (unpaired) electrons. The van der Waals surface area contributed by atoms with Gasteiger partial charge in [0.2, 0.25) is 0 Å². The van der Waals surface area contributed by atoms with Crippen molar-refractivity contribution >= 4 is 11.3 Å². The Bertz CT molecular complexity index is 378. The molecular formula is C17H30N2S. The van der Waals surface area contributed by atoms with Gasteiger partial charge in [0.15, 0.2) is 0 Å². The number of likely N-dealkylation sites (tertiary alicyclic amines) is 1. The summed E-state index contributed by atoms with van der Waals surface area (Å²) in [5.41, 5.74) is 0.243. The lowest BCUT2D eigenvalue weighted by atomic mass is 9.87. The van der Waals surface area contributed by atoms with Crippen LogP contribution in [0.25, 0.3) is 0 Å². The maximum atomic E-state index is 3.80. The first-order valence-electron chi connectivity index (χ1n) is 8.02. The highest BCUT2D eigenvalue weighted by Gasteiger charge is 2.26. The second kappa shape index (κ2) is 7.06. The summed E-state index contributed by atoms with van der Waals surface area (Å²) in [6, 6.07) is 5.05. The molecule has 0 aromatic carbocycles. The van der Waals surface area contributed by atoms with E-state index in [0.717, 1.165) is 12.5 Å². The number of piperidine rings is 1. The molecular weight excluding hydrogens is 264 g/mol. The van der Waals surface area contributed by atoms with Crippen LogP contribution in [0.5, 0.6) is 0 Å². The normalized spacial score (nSPS) is 20.2. The largest absolute Gasteiger partial charge is 0.313 e. The summed E-state index contributed by atoms with van der Waals surface area (Å²) in [5, 5.41) is 5.98. The Labute approximate surface area is 128 Å². The van der Waals surface area contributed by atoms with Crippen LogP contribution in [0.1, 0.15) is 45.4 Å². The van der Waals surface area contributed by atoms with Crippen molar-refractivity contribution in [3.63, 3.8) is 0 Å². The Balaban J connectivity index is 1.79. The molecule has 1 saturated heterocycles. The van der Waals surface area contributed by atoms with Crippen LogP contribution in [-0.4, -0.2) is 37.1 Å². The molecule has 1 unspecified atom stereocenters. The molecule has 1 aromatic rings. The Kier molecular flexibility index (Phi) is 5.65. The number of hydrogen-bond donors (Lipinski definition) is 1. The second-order valence-electron chi connectivity index (χ2n) is 6.80. The van der Waals surface area contributed by atoms with Crippen molar-refractivity contribution in [2.75, 3.05) is 26.2 Å². The summed E-state index contributed by atoms with van der Waals surface area (Å²) in [6.07, 6.45) is 2.70. The minimum atomic E-state index is 0.243. The van der Waals surface area contributed by atoms with Crippen molar-refractivity contribution in [3.05, 3.63) is 22.4 Å². The summed E-state index contributed by atoms with van der Waals surface area (Å²) in [4.78, 5) is 4.05. The summed E-state index contributed by atoms with van der Waals surface area (Å²) in [7, 11) is 0. The quantitative estimate of drug-likeness (QED) is 0.860. The highest BCUT2D eigenvalue weighted by atomic mass is 32.1. The molecule has 20 heavy (non-hydrogen) atoms. The van der Waals surface area contributed by atoms with E-state index in [1.54, 1.807) is 0 Å². The minimum Gasteiger partial charge on any atom is -0.313 e. The highest BCUT2D eigenvalue weighted by Crippen LogP contribution is 2.27. The SMILES string of the molecule is CCN1CCC(C(C)NCC(C)(C)c2cccs2)CC1. The fourth-order valence-corrected chi connectivity index (χ4v) is 3.95. The molecule has 1 N–H and O–H groups in total. The molecule has 2 rings (SSSR count). The van der Waals surface area contributed by atoms with Gasteiger partial charge >= 0.3 is 0 Å². The Hall–Kier alpha value is -0.380. The van der Waals surface area contributed by atoms with E-state index in [0.29, 0.717) is 6.04 Å². The third-order valence-corrected chi connectivity index (χ3v) is 6.08. The molecule has 0 spiro atoms. The lowest BCUT2D eigenvalue weighted by Gasteiger charge is -2.36. The maximum absolute atomic E-state index is 3.80. The van der Waals surface area contributed by atoms with Crippen LogP contribution in [0.15, 0.2) is 17.5 Å². The molecule has 1 aromatic heterocycles. The van der Waals surface area contributed by atoms with Gasteiger partial charge in [0.05, 0.1) is 0 Å². The fourth-order valence-electron chi connectivity index (χ4n) is 3.10. The number of nitrogens with zero attached hydrogens (tertiary/aromatic N) is 1. The summed E-state index contributed by atoms with van der Waals surface area (Å²) in [5.74, 6) is 0.844. The topological polar surface area (TPSA) is 15.3 Å². The number of thiophene rings is 1. The zero-order valence-corrected chi connectivity index (χ0v) is 14.3. The first kappa shape index (κ1) is 16.0. The average molecular weight is 295 g/mol. The standard InChI is InChI=1S/C17H30N2S/c1-5-19-10-8-15(9-11-19)14(2)18-13-17(3,4)16-7-6-12-20-16/h6-7,12,14-15,18H,5,8-11,13H2,1-4H3. The number of nitrogens with one attached hydrogen (secondary N) is 1. The van der Waals surface area contributed by atoms with Crippen molar-refractivity contribution in [2.24, 2.45) is 5.92 Å². The zero-order valence-electron chi connectivity index (χ0n) is 13.5. The number of rotatable bonds is 6. The lowest BCUT2D eigenvalue weighted by molar-refractivity contribution is 0.166. The van der Waals surface area contributed by atoms with Gasteiger partial charge in [-0.2, -0.15) is 0 Å². The lowest BCUT2D eigenvalue weighted by Crippen LogP contribution is -2.45. The smallest absolute Gasteiger partial charge is 0.0115 e. The molecule has 114 valence electrons. The first-order valence-corrected chi connectivity index (χ1v) is 8.90. The van der Waals surface area contributed by atoms with Crippen molar-refractivity contribution in [1.29, 1.82) is 0 Å². The minimum absolute atomic E-state index is 0.243. The number of hydrogen-bond acceptors (Lipinski definition) is 3. The van der Waals surface area contributed by atoms with Gasteiger partial charge in [0.25, 0.3) is 0 Å². The van der Waals surface area contributed by atoms with Crippen molar-refractivity contribution < 1.29 is 0 Å². The second-order valence-corrected chi connectivity index (χ2v) is 7.75. The van der Waals surface area contributed by atoms with Crippen LogP contribution in [0, 0.1) is 5.92 Å². The molecule has 1 fully saturated rings. The molecule has 2 nitrogen and oxygen atoms in total. The van der Waals surface area contributed by atoms with E-state index in [-0.39, 0.29) is 5.41 Å². The van der Waals surface area contributed by atoms with Crippen LogP contribution >= 0.6 is 11.3 Å². The Morgan fingerprint density at radius 1 is 1.40 bits per heavy atom. The predicted octanol–water partition coefficient (Wildman–Crippen LogP) is 3.74. The van der Waals surface area contributed by atoms with Crippen LogP contribution in [-0.2, 0) is 5.41 Å². The average Bonchev–Trinajstić information content (AvgIpc) is 3.00. The van der Waals surface area contributed by atoms with E-state index in [1.807, 2.05) is 11.3 Å². The zero-order chi connectivity index (χ0) is 14.6. The van der Waals surface area contributed by atoms with E-state index < -0.39 is 0 Å². The fraction of sp³-hybridized carbons (Fsp3) is 0.765. The van der Waals surface area contributed by atoms with Gasteiger partial charge in [-0.25, -0.2) is 0 Å². The monoisotopic (exact) mass is 294 g/mol. The molecule has 0 saturated carbocycles. The third kappa shape index (κ3) is 4.06. The molecule has 1 aliphatic rings. The van der Waals surface area contributed by atoms with Crippen LogP contribution in [0.4, 0.5) is 0 Å². The van der Waals surface area contributed by atoms with E-state index in [9.17, 15) is 0 Å². The Morgan fingerprint density at radius 2 is 2.10 bits per heavy atom. The van der Waals surface area contributed by atoms with Crippen LogP contribution in [0.3, 0.4) is 0 Å². The van der Waals surface area contributed by atoms with Gasteiger partial charge in [0, 0.05) is 22.9 Å². The molecule has 1 aliphatic heterocycles. The van der Waals surface area contributed by atoms with Gasteiger partial charge in [-0.1, -0.05) is 26.8 Å². The van der Waals surface area contributed by atoms with E-state index in [1.165, 1.54) is 37.4 Å². The first-order chi connectivity index (χ1) is 9.53. The summed E-state index contributed by atoms with van der Waals surface area (Å²) >= 11 is 1.87. The predicted molar refractivity (Wildman–Crippen MR) is 89.6 cm³/mol. The van der Waals surface area contributed by atoms with Crippen molar-refractivity contribution in [1.82, 2.24) is 10.2 Å². The van der Waals surface area contributed by atoms with Crippen LogP contribution in [0.2, 0.25) is 0 Å². The van der Waals surface area contributed by atoms with Gasteiger partial charge in [-0.15, -0.1) is 11.3 Å². The van der Waals surface area contributed by atoms with E-state index in [2.05, 4.69) is 55.4 Å². The highest BCUT2D eigenvalue weighted by molar-refractivity contribution is 7.10. The van der Waals surface area contributed by atoms with E-state index in [4.69, 9.17) is 0 Å². The Morgan fingerprint density at radius 3 is 2.65 bits per heavy atom. The van der Waals surface area contributed by atoms with Gasteiger partial charge in [-0.3, -0.25) is 0 Å². The van der Waals surface area contributed by atoms with Crippen molar-refractivity contribution in [3.8, 4) is 0 Å². The summed E-state index contributed by atoms with van der Waals surface area (Å²) in [6.45, 7) is 14.2. The molecule has 3 heteroatoms. The molecule has 0 aliphatic carbocycles.